The van der Waals surface area contributed by atoms with Crippen molar-refractivity contribution in [3.8, 4) is 23.0 Å². The van der Waals surface area contributed by atoms with E-state index in [-0.39, 0.29) is 18.3 Å². The lowest BCUT2D eigenvalue weighted by molar-refractivity contribution is 0.00931. The van der Waals surface area contributed by atoms with Crippen molar-refractivity contribution < 1.29 is 33.6 Å². The number of ether oxygens (including phenoxy) is 5. The highest BCUT2D eigenvalue weighted by molar-refractivity contribution is 5.97. The molecule has 3 atom stereocenters. The summed E-state index contributed by atoms with van der Waals surface area (Å²) in [7, 11) is 3.16. The quantitative estimate of drug-likeness (QED) is 0.192. The van der Waals surface area contributed by atoms with E-state index in [0.29, 0.717) is 54.6 Å². The van der Waals surface area contributed by atoms with Crippen molar-refractivity contribution in [2.45, 2.75) is 50.8 Å². The van der Waals surface area contributed by atoms with E-state index in [0.717, 1.165) is 16.7 Å². The molecule has 1 aliphatic rings. The van der Waals surface area contributed by atoms with Gasteiger partial charge in [0.05, 0.1) is 32.5 Å². The molecule has 0 bridgehead atoms. The zero-order valence-electron chi connectivity index (χ0n) is 23.9. The monoisotopic (exact) mass is 568 g/mol. The SMILES string of the molecule is COc1cc(C[C@H]2OC(CC(=O)c3ccc(OCc4ccccc4)c(OC)c3)C[C@H]2O)ccc1OCc1ccccc1. The predicted octanol–water partition coefficient (Wildman–Crippen LogP) is 6.20. The number of hydrogen-bond donors (Lipinski definition) is 1. The van der Waals surface area contributed by atoms with Gasteiger partial charge in [-0.15, -0.1) is 0 Å². The Morgan fingerprint density at radius 2 is 1.31 bits per heavy atom. The number of Topliss-reactive ketones (excluding diaryl/α,β-unsaturated/α-hetero) is 1. The molecule has 0 aromatic heterocycles. The molecule has 0 amide bonds. The minimum absolute atomic E-state index is 0.0812. The third-order valence-electron chi connectivity index (χ3n) is 7.34. The molecule has 218 valence electrons. The normalized spacial score (nSPS) is 17.9. The highest BCUT2D eigenvalue weighted by Gasteiger charge is 2.35. The Labute approximate surface area is 246 Å². The molecule has 1 fully saturated rings. The van der Waals surface area contributed by atoms with Gasteiger partial charge >= 0.3 is 0 Å². The van der Waals surface area contributed by atoms with Gasteiger partial charge < -0.3 is 28.8 Å². The number of ketones is 1. The first kappa shape index (κ1) is 29.2. The van der Waals surface area contributed by atoms with Crippen molar-refractivity contribution in [1.82, 2.24) is 0 Å². The summed E-state index contributed by atoms with van der Waals surface area (Å²) in [6.45, 7) is 0.834. The maximum absolute atomic E-state index is 13.1. The summed E-state index contributed by atoms with van der Waals surface area (Å²) in [6.07, 6.45) is -0.439. The second-order valence-electron chi connectivity index (χ2n) is 10.3. The summed E-state index contributed by atoms with van der Waals surface area (Å²) in [6, 6.07) is 30.7. The molecular weight excluding hydrogens is 532 g/mol. The number of hydrogen-bond acceptors (Lipinski definition) is 7. The number of benzene rings is 4. The zero-order chi connectivity index (χ0) is 29.3. The number of methoxy groups -OCH3 is 2. The molecule has 1 N–H and O–H groups in total. The van der Waals surface area contributed by atoms with E-state index >= 15 is 0 Å². The van der Waals surface area contributed by atoms with Crippen LogP contribution in [0, 0.1) is 0 Å². The van der Waals surface area contributed by atoms with Gasteiger partial charge in [-0.1, -0.05) is 66.7 Å². The van der Waals surface area contributed by atoms with E-state index in [1.807, 2.05) is 78.9 Å². The number of carbonyl (C=O) groups is 1. The molecule has 1 aliphatic heterocycles. The fraction of sp³-hybridized carbons (Fsp3) is 0.286. The first-order valence-corrected chi connectivity index (χ1v) is 14.1. The van der Waals surface area contributed by atoms with Gasteiger partial charge in [0.25, 0.3) is 0 Å². The van der Waals surface area contributed by atoms with Gasteiger partial charge in [-0.2, -0.15) is 0 Å². The molecule has 5 rings (SSSR count). The molecular formula is C35H36O7. The average molecular weight is 569 g/mol. The van der Waals surface area contributed by atoms with Crippen LogP contribution >= 0.6 is 0 Å². The largest absolute Gasteiger partial charge is 0.493 e. The maximum Gasteiger partial charge on any atom is 0.165 e. The van der Waals surface area contributed by atoms with Crippen LogP contribution in [0.5, 0.6) is 23.0 Å². The van der Waals surface area contributed by atoms with Crippen LogP contribution in [0.4, 0.5) is 0 Å². The molecule has 0 radical (unpaired) electrons. The fourth-order valence-corrected chi connectivity index (χ4v) is 5.08. The topological polar surface area (TPSA) is 83.5 Å². The van der Waals surface area contributed by atoms with Crippen molar-refractivity contribution in [3.63, 3.8) is 0 Å². The lowest BCUT2D eigenvalue weighted by Gasteiger charge is -2.17. The Kier molecular flexibility index (Phi) is 9.74. The van der Waals surface area contributed by atoms with Crippen LogP contribution in [-0.4, -0.2) is 43.4 Å². The molecule has 7 heteroatoms. The Morgan fingerprint density at radius 3 is 1.90 bits per heavy atom. The van der Waals surface area contributed by atoms with Gasteiger partial charge in [0.2, 0.25) is 0 Å². The highest BCUT2D eigenvalue weighted by Crippen LogP contribution is 2.33. The second-order valence-corrected chi connectivity index (χ2v) is 10.3. The van der Waals surface area contributed by atoms with E-state index in [2.05, 4.69) is 0 Å². The summed E-state index contributed by atoms with van der Waals surface area (Å²) in [4.78, 5) is 13.1. The number of aliphatic hydroxyl groups is 1. The van der Waals surface area contributed by atoms with E-state index in [4.69, 9.17) is 23.7 Å². The number of rotatable bonds is 13. The maximum atomic E-state index is 13.1. The molecule has 4 aromatic rings. The van der Waals surface area contributed by atoms with Crippen LogP contribution < -0.4 is 18.9 Å². The average Bonchev–Trinajstić information content (AvgIpc) is 3.37. The first-order valence-electron chi connectivity index (χ1n) is 14.1. The van der Waals surface area contributed by atoms with E-state index in [9.17, 15) is 9.90 Å². The molecule has 1 heterocycles. The minimum Gasteiger partial charge on any atom is -0.493 e. The summed E-state index contributed by atoms with van der Waals surface area (Å²) in [5.41, 5.74) is 3.57. The van der Waals surface area contributed by atoms with E-state index < -0.39 is 12.2 Å². The lowest BCUT2D eigenvalue weighted by Crippen LogP contribution is -2.23. The molecule has 0 saturated carbocycles. The fourth-order valence-electron chi connectivity index (χ4n) is 5.08. The number of carbonyl (C=O) groups excluding carboxylic acids is 1. The van der Waals surface area contributed by atoms with Gasteiger partial charge in [-0.3, -0.25) is 4.79 Å². The first-order chi connectivity index (χ1) is 20.5. The zero-order valence-corrected chi connectivity index (χ0v) is 23.9. The van der Waals surface area contributed by atoms with Gasteiger partial charge in [0.1, 0.15) is 13.2 Å². The van der Waals surface area contributed by atoms with Gasteiger partial charge in [-0.05, 0) is 47.0 Å². The van der Waals surface area contributed by atoms with Crippen LogP contribution in [0.15, 0.2) is 97.1 Å². The van der Waals surface area contributed by atoms with Gasteiger partial charge in [0, 0.05) is 24.8 Å². The third-order valence-corrected chi connectivity index (χ3v) is 7.34. The summed E-state index contributed by atoms with van der Waals surface area (Å²) >= 11 is 0. The van der Waals surface area contributed by atoms with Crippen molar-refractivity contribution in [2.75, 3.05) is 14.2 Å². The van der Waals surface area contributed by atoms with E-state index in [1.165, 1.54) is 0 Å². The standard InChI is InChI=1S/C35H36O7/c1-38-34-18-26(13-15-31(34)40-22-24-9-5-3-6-10-24)17-33-30(37)21-28(42-33)20-29(36)27-14-16-32(35(19-27)39-2)41-23-25-11-7-4-8-12-25/h3-16,18-19,28,30,33,37H,17,20-23H2,1-2H3/t28?,30-,33-/m1/s1. The molecule has 1 saturated heterocycles. The minimum atomic E-state index is -0.675. The predicted molar refractivity (Wildman–Crippen MR) is 159 cm³/mol. The van der Waals surface area contributed by atoms with Gasteiger partial charge in [0.15, 0.2) is 28.8 Å². The molecule has 1 unspecified atom stereocenters. The van der Waals surface area contributed by atoms with Crippen molar-refractivity contribution >= 4 is 5.78 Å². The smallest absolute Gasteiger partial charge is 0.165 e. The third kappa shape index (κ3) is 7.49. The van der Waals surface area contributed by atoms with Crippen molar-refractivity contribution in [3.05, 3.63) is 119 Å². The van der Waals surface area contributed by atoms with Crippen LogP contribution in [0.25, 0.3) is 0 Å². The molecule has 0 spiro atoms. The van der Waals surface area contributed by atoms with Crippen LogP contribution in [0.2, 0.25) is 0 Å². The molecule has 4 aromatic carbocycles. The summed E-state index contributed by atoms with van der Waals surface area (Å²) in [5.74, 6) is 2.24. The Bertz CT molecular complexity index is 1460. The summed E-state index contributed by atoms with van der Waals surface area (Å²) < 4.78 is 29.1. The highest BCUT2D eigenvalue weighted by atomic mass is 16.5. The lowest BCUT2D eigenvalue weighted by atomic mass is 10.00. The Morgan fingerprint density at radius 1 is 0.738 bits per heavy atom. The van der Waals surface area contributed by atoms with Crippen LogP contribution in [0.3, 0.4) is 0 Å². The molecule has 42 heavy (non-hydrogen) atoms. The molecule has 7 nitrogen and oxygen atoms in total. The van der Waals surface area contributed by atoms with Crippen LogP contribution in [-0.2, 0) is 24.4 Å². The van der Waals surface area contributed by atoms with Gasteiger partial charge in [-0.25, -0.2) is 0 Å². The Hall–Kier alpha value is -4.33. The van der Waals surface area contributed by atoms with Crippen LogP contribution in [0.1, 0.15) is 39.9 Å². The Balaban J connectivity index is 1.16. The summed E-state index contributed by atoms with van der Waals surface area (Å²) in [5, 5.41) is 10.7. The molecule has 0 aliphatic carbocycles. The van der Waals surface area contributed by atoms with E-state index in [1.54, 1.807) is 32.4 Å². The van der Waals surface area contributed by atoms with Crippen molar-refractivity contribution in [2.24, 2.45) is 0 Å². The number of aliphatic hydroxyl groups excluding tert-OH is 1. The van der Waals surface area contributed by atoms with Crippen molar-refractivity contribution in [1.29, 1.82) is 0 Å². The second kappa shape index (κ2) is 14.0.